The number of amidine groups is 1. The summed E-state index contributed by atoms with van der Waals surface area (Å²) < 4.78 is 0. The van der Waals surface area contributed by atoms with E-state index in [1.807, 2.05) is 6.92 Å². The second-order valence-corrected chi connectivity index (χ2v) is 5.00. The zero-order valence-electron chi connectivity index (χ0n) is 9.12. The number of likely N-dealkylation sites (tertiary alicyclic amines) is 1. The fourth-order valence-electron chi connectivity index (χ4n) is 1.90. The Hall–Kier alpha value is -0.900. The first-order chi connectivity index (χ1) is 7.25. The van der Waals surface area contributed by atoms with Gasteiger partial charge in [0.1, 0.15) is 10.8 Å². The molecule has 1 N–H and O–H groups in total. The van der Waals surface area contributed by atoms with Gasteiger partial charge in [0, 0.05) is 24.2 Å². The number of thiazole rings is 1. The molecule has 0 aliphatic carbocycles. The van der Waals surface area contributed by atoms with Crippen molar-refractivity contribution in [2.45, 2.75) is 32.6 Å². The van der Waals surface area contributed by atoms with Gasteiger partial charge in [-0.25, -0.2) is 4.98 Å². The van der Waals surface area contributed by atoms with Gasteiger partial charge in [0.25, 0.3) is 0 Å². The lowest BCUT2D eigenvalue weighted by molar-refractivity contribution is 0.336. The van der Waals surface area contributed by atoms with Crippen molar-refractivity contribution < 1.29 is 0 Å². The van der Waals surface area contributed by atoms with Crippen LogP contribution >= 0.6 is 11.3 Å². The molecule has 0 aromatic carbocycles. The molecule has 0 unspecified atom stereocenters. The summed E-state index contributed by atoms with van der Waals surface area (Å²) in [5.41, 5.74) is 1.07. The lowest BCUT2D eigenvalue weighted by atomic mass is 10.1. The molecule has 15 heavy (non-hydrogen) atoms. The van der Waals surface area contributed by atoms with Gasteiger partial charge in [0.2, 0.25) is 0 Å². The number of rotatable bonds is 2. The summed E-state index contributed by atoms with van der Waals surface area (Å²) in [7, 11) is 0. The van der Waals surface area contributed by atoms with E-state index < -0.39 is 0 Å². The van der Waals surface area contributed by atoms with Gasteiger partial charge in [0.05, 0.1) is 6.42 Å². The van der Waals surface area contributed by atoms with Gasteiger partial charge >= 0.3 is 0 Å². The summed E-state index contributed by atoms with van der Waals surface area (Å²) in [5, 5.41) is 11.1. The van der Waals surface area contributed by atoms with E-state index in [9.17, 15) is 0 Å². The average molecular weight is 223 g/mol. The van der Waals surface area contributed by atoms with E-state index in [2.05, 4.69) is 15.3 Å². The lowest BCUT2D eigenvalue weighted by Gasteiger charge is -2.28. The first-order valence-electron chi connectivity index (χ1n) is 5.49. The number of piperidine rings is 1. The molecule has 4 heteroatoms. The number of aromatic nitrogens is 1. The van der Waals surface area contributed by atoms with Crippen LogP contribution in [0.3, 0.4) is 0 Å². The minimum absolute atomic E-state index is 0.707. The second-order valence-electron chi connectivity index (χ2n) is 4.05. The van der Waals surface area contributed by atoms with Gasteiger partial charge in [-0.3, -0.25) is 5.41 Å². The van der Waals surface area contributed by atoms with Crippen LogP contribution in [-0.4, -0.2) is 28.8 Å². The minimum atomic E-state index is 0.707. The number of hydrogen-bond donors (Lipinski definition) is 1. The van der Waals surface area contributed by atoms with Crippen LogP contribution in [-0.2, 0) is 6.42 Å². The summed E-state index contributed by atoms with van der Waals surface area (Å²) in [6, 6.07) is 0. The van der Waals surface area contributed by atoms with Crippen molar-refractivity contribution in [1.29, 1.82) is 5.41 Å². The smallest absolute Gasteiger partial charge is 0.103 e. The largest absolute Gasteiger partial charge is 0.360 e. The Morgan fingerprint density at radius 2 is 2.20 bits per heavy atom. The molecule has 1 fully saturated rings. The van der Waals surface area contributed by atoms with Crippen molar-refractivity contribution in [1.82, 2.24) is 9.88 Å². The third-order valence-corrected chi connectivity index (χ3v) is 3.69. The molecule has 0 bridgehead atoms. The minimum Gasteiger partial charge on any atom is -0.360 e. The Morgan fingerprint density at radius 3 is 2.80 bits per heavy atom. The molecule has 3 nitrogen and oxygen atoms in total. The quantitative estimate of drug-likeness (QED) is 0.618. The molecule has 1 aliphatic rings. The topological polar surface area (TPSA) is 40.0 Å². The summed E-state index contributed by atoms with van der Waals surface area (Å²) in [6.45, 7) is 4.12. The van der Waals surface area contributed by atoms with Crippen LogP contribution in [0.4, 0.5) is 0 Å². The molecule has 1 aliphatic heterocycles. The maximum atomic E-state index is 8.02. The maximum absolute atomic E-state index is 8.02. The van der Waals surface area contributed by atoms with E-state index in [0.29, 0.717) is 6.42 Å². The van der Waals surface area contributed by atoms with E-state index in [-0.39, 0.29) is 0 Å². The molecule has 0 amide bonds. The highest BCUT2D eigenvalue weighted by molar-refractivity contribution is 7.09. The molecule has 0 spiro atoms. The molecule has 0 atom stereocenters. The van der Waals surface area contributed by atoms with Gasteiger partial charge in [-0.2, -0.15) is 0 Å². The van der Waals surface area contributed by atoms with E-state index >= 15 is 0 Å². The monoisotopic (exact) mass is 223 g/mol. The fraction of sp³-hybridized carbons (Fsp3) is 0.636. The predicted octanol–water partition coefficient (Wildman–Crippen LogP) is 2.46. The molecule has 2 heterocycles. The zero-order chi connectivity index (χ0) is 10.7. The highest BCUT2D eigenvalue weighted by Gasteiger charge is 2.14. The number of aryl methyl sites for hydroxylation is 1. The summed E-state index contributed by atoms with van der Waals surface area (Å²) in [6.07, 6.45) is 4.50. The maximum Gasteiger partial charge on any atom is 0.103 e. The van der Waals surface area contributed by atoms with Gasteiger partial charge in [0.15, 0.2) is 0 Å². The van der Waals surface area contributed by atoms with Crippen LogP contribution in [0.1, 0.15) is 30.0 Å². The molecule has 2 rings (SSSR count). The third kappa shape index (κ3) is 2.78. The van der Waals surface area contributed by atoms with Crippen molar-refractivity contribution in [3.05, 3.63) is 16.1 Å². The van der Waals surface area contributed by atoms with E-state index in [1.54, 1.807) is 11.3 Å². The van der Waals surface area contributed by atoms with Crippen LogP contribution in [0.2, 0.25) is 0 Å². The van der Waals surface area contributed by atoms with Gasteiger partial charge in [-0.15, -0.1) is 11.3 Å². The molecule has 1 aromatic heterocycles. The Morgan fingerprint density at radius 1 is 1.47 bits per heavy atom. The normalized spacial score (nSPS) is 16.7. The zero-order valence-corrected chi connectivity index (χ0v) is 9.94. The Bertz CT molecular complexity index is 339. The fourth-order valence-corrected chi connectivity index (χ4v) is 2.68. The van der Waals surface area contributed by atoms with E-state index in [4.69, 9.17) is 5.41 Å². The first kappa shape index (κ1) is 10.6. The lowest BCUT2D eigenvalue weighted by Crippen LogP contribution is -2.36. The Kier molecular flexibility index (Phi) is 3.36. The van der Waals surface area contributed by atoms with Crippen molar-refractivity contribution in [2.24, 2.45) is 0 Å². The van der Waals surface area contributed by atoms with Gasteiger partial charge in [-0.1, -0.05) is 0 Å². The summed E-state index contributed by atoms with van der Waals surface area (Å²) in [4.78, 5) is 6.59. The SMILES string of the molecule is Cc1csc(CC(=N)N2CCCCC2)n1. The van der Waals surface area contributed by atoms with Crippen LogP contribution in [0.25, 0.3) is 0 Å². The summed E-state index contributed by atoms with van der Waals surface area (Å²) >= 11 is 1.66. The highest BCUT2D eigenvalue weighted by Crippen LogP contribution is 2.14. The van der Waals surface area contributed by atoms with Crippen LogP contribution in [0.15, 0.2) is 5.38 Å². The molecule has 82 valence electrons. The molecule has 0 saturated carbocycles. The average Bonchev–Trinajstić information content (AvgIpc) is 2.65. The number of hydrogen-bond acceptors (Lipinski definition) is 3. The van der Waals surface area contributed by atoms with Crippen molar-refractivity contribution >= 4 is 17.2 Å². The molecular formula is C11H17N3S. The molecule has 1 aromatic rings. The van der Waals surface area contributed by atoms with Crippen LogP contribution in [0.5, 0.6) is 0 Å². The second kappa shape index (κ2) is 4.75. The van der Waals surface area contributed by atoms with Gasteiger partial charge < -0.3 is 4.90 Å². The van der Waals surface area contributed by atoms with Crippen LogP contribution < -0.4 is 0 Å². The predicted molar refractivity (Wildman–Crippen MR) is 63.7 cm³/mol. The van der Waals surface area contributed by atoms with Gasteiger partial charge in [-0.05, 0) is 26.2 Å². The standard InChI is InChI=1S/C11H17N3S/c1-9-8-15-11(13-9)7-10(12)14-5-3-2-4-6-14/h8,12H,2-7H2,1H3. The van der Waals surface area contributed by atoms with E-state index in [0.717, 1.165) is 29.6 Å². The molecule has 1 saturated heterocycles. The Balaban J connectivity index is 1.91. The summed E-state index contributed by atoms with van der Waals surface area (Å²) in [5.74, 6) is 0.740. The van der Waals surface area contributed by atoms with Crippen LogP contribution in [0, 0.1) is 12.3 Å². The number of nitrogens with zero attached hydrogens (tertiary/aromatic N) is 2. The molecule has 0 radical (unpaired) electrons. The Labute approximate surface area is 94.7 Å². The highest BCUT2D eigenvalue weighted by atomic mass is 32.1. The molecular weight excluding hydrogens is 206 g/mol. The van der Waals surface area contributed by atoms with E-state index in [1.165, 1.54) is 19.3 Å². The van der Waals surface area contributed by atoms with Crippen molar-refractivity contribution in [3.8, 4) is 0 Å². The third-order valence-electron chi connectivity index (χ3n) is 2.72. The van der Waals surface area contributed by atoms with Crippen molar-refractivity contribution in [3.63, 3.8) is 0 Å². The van der Waals surface area contributed by atoms with Crippen molar-refractivity contribution in [2.75, 3.05) is 13.1 Å². The number of nitrogens with one attached hydrogen (secondary N) is 1. The first-order valence-corrected chi connectivity index (χ1v) is 6.37.